The predicted molar refractivity (Wildman–Crippen MR) is 263 cm³/mol. The summed E-state index contributed by atoms with van der Waals surface area (Å²) in [5.74, 6) is -0.672. The Hall–Kier alpha value is -8.74. The Morgan fingerprint density at radius 2 is 0.828 bits per heavy atom. The van der Waals surface area contributed by atoms with Crippen LogP contribution in [0.4, 0.5) is 0 Å². The van der Waals surface area contributed by atoms with Gasteiger partial charge in [0.1, 0.15) is 22.8 Å². The smallest absolute Gasteiger partial charge is 0.166 e. The molecule has 14 aromatic rings. The van der Waals surface area contributed by atoms with Crippen LogP contribution in [0.15, 0.2) is 216 Å². The summed E-state index contributed by atoms with van der Waals surface area (Å²) in [6.07, 6.45) is 0. The van der Waals surface area contributed by atoms with Gasteiger partial charge in [0.25, 0.3) is 0 Å². The van der Waals surface area contributed by atoms with Crippen LogP contribution in [-0.2, 0) is 0 Å². The van der Waals surface area contributed by atoms with Gasteiger partial charge in [-0.15, -0.1) is 0 Å². The van der Waals surface area contributed by atoms with Crippen LogP contribution >= 0.6 is 0 Å². The quantitative estimate of drug-likeness (QED) is 0.174. The van der Waals surface area contributed by atoms with Crippen molar-refractivity contribution in [2.75, 3.05) is 0 Å². The van der Waals surface area contributed by atoms with E-state index in [2.05, 4.69) is 0 Å². The third kappa shape index (κ3) is 4.90. The van der Waals surface area contributed by atoms with Crippen molar-refractivity contribution in [2.45, 2.75) is 0 Å². The van der Waals surface area contributed by atoms with Gasteiger partial charge in [-0.2, -0.15) is 0 Å². The normalized spacial score (nSPS) is 15.6. The van der Waals surface area contributed by atoms with Gasteiger partial charge in [-0.3, -0.25) is 9.13 Å². The van der Waals surface area contributed by atoms with E-state index in [1.54, 1.807) is 0 Å². The number of furan rings is 1. The first-order chi connectivity index (χ1) is 38.4. The van der Waals surface area contributed by atoms with E-state index in [9.17, 15) is 11.0 Å². The fourth-order valence-corrected chi connectivity index (χ4v) is 9.39. The molecule has 5 heterocycles. The Kier molecular flexibility index (Phi) is 4.79. The highest BCUT2D eigenvalue weighted by Gasteiger charge is 2.26. The Morgan fingerprint density at radius 1 is 0.375 bits per heavy atom. The van der Waals surface area contributed by atoms with E-state index >= 15 is 0 Å². The van der Waals surface area contributed by atoms with E-state index in [0.29, 0.717) is 33.5 Å². The monoisotopic (exact) mass is 833 g/mol. The van der Waals surface area contributed by atoms with Crippen LogP contribution in [0.25, 0.3) is 127 Å². The minimum Gasteiger partial charge on any atom is -0.455 e. The van der Waals surface area contributed by atoms with Crippen molar-refractivity contribution in [3.05, 3.63) is 212 Å². The summed E-state index contributed by atoms with van der Waals surface area (Å²) < 4.78 is 157. The SMILES string of the molecule is [2H]c1c([2H])c([2H])c2c(c1[2H])c1c([2H])c([2H])c([2H])c([2H])c1n2-c1cc(-n2c3c([2H])c([2H])c([2H])c([2H])c3c3c([2H])c([2H])c([2H])c([2H])c32)nc(-c2c(-c3cccc4c3oc3ccccc34)cccc2-n2c3ccccc3c3ccccc32)n1. The van der Waals surface area contributed by atoms with Gasteiger partial charge in [0.15, 0.2) is 5.82 Å². The number of hydrogen-bond acceptors (Lipinski definition) is 3. The zero-order chi connectivity index (χ0) is 55.8. The predicted octanol–water partition coefficient (Wildman–Crippen LogP) is 15.0. The van der Waals surface area contributed by atoms with Gasteiger partial charge in [-0.1, -0.05) is 157 Å². The zero-order valence-electron chi connectivity index (χ0n) is 49.1. The molecule has 0 aliphatic rings. The molecule has 6 nitrogen and oxygen atoms in total. The molecule has 0 aliphatic heterocycles. The number of nitrogens with zero attached hydrogens (tertiary/aromatic N) is 5. The standard InChI is InChI=1S/C58H35N5O/c1-8-27-46-36(17-1)37-18-2-9-28-47(37)61(46)52-33-16-24-43(45-26-15-25-44-42-23-7-14-34-53(42)64-57(44)45)56(52)58-59-54(62-48-29-10-3-19-38(48)39-20-4-11-30-49(39)62)35-55(60-58)63-50-31-12-5-21-40(50)41-22-6-13-32-51(41)63/h1-35H/i3D,4D,5D,6D,10D,11D,12D,13D,19D,20D,21D,22D,29D,30D,31D,32D. The number of rotatable bonds is 5. The average Bonchev–Trinajstić information content (AvgIpc) is 4.36. The molecule has 14 rings (SSSR count). The maximum Gasteiger partial charge on any atom is 0.166 e. The van der Waals surface area contributed by atoms with Gasteiger partial charge in [-0.05, 0) is 54.0 Å². The van der Waals surface area contributed by atoms with Gasteiger partial charge in [0.2, 0.25) is 0 Å². The molecule has 0 N–H and O–H groups in total. The molecule has 0 spiro atoms. The van der Waals surface area contributed by atoms with Crippen LogP contribution in [0.5, 0.6) is 0 Å². The van der Waals surface area contributed by atoms with E-state index < -0.39 is 96.7 Å². The minimum atomic E-state index is -0.691. The molecule has 0 radical (unpaired) electrons. The highest BCUT2D eigenvalue weighted by atomic mass is 16.3. The highest BCUT2D eigenvalue weighted by Crippen LogP contribution is 2.45. The number of hydrogen-bond donors (Lipinski definition) is 0. The second kappa shape index (κ2) is 13.4. The third-order valence-electron chi connectivity index (χ3n) is 12.0. The van der Waals surface area contributed by atoms with E-state index in [-0.39, 0.29) is 61.1 Å². The van der Waals surface area contributed by atoms with E-state index in [0.717, 1.165) is 32.6 Å². The molecular weight excluding hydrogens is 783 g/mol. The zero-order valence-corrected chi connectivity index (χ0v) is 33.1. The largest absolute Gasteiger partial charge is 0.455 e. The third-order valence-corrected chi connectivity index (χ3v) is 12.0. The van der Waals surface area contributed by atoms with Crippen molar-refractivity contribution in [1.82, 2.24) is 23.7 Å². The summed E-state index contributed by atoms with van der Waals surface area (Å²) in [6, 6.07) is 25.4. The average molecular weight is 834 g/mol. The molecule has 0 atom stereocenters. The number of para-hydroxylation sites is 8. The lowest BCUT2D eigenvalue weighted by Crippen LogP contribution is -2.08. The van der Waals surface area contributed by atoms with Crippen LogP contribution in [0.1, 0.15) is 21.9 Å². The summed E-state index contributed by atoms with van der Waals surface area (Å²) >= 11 is 0. The van der Waals surface area contributed by atoms with E-state index in [1.165, 1.54) is 15.2 Å². The van der Waals surface area contributed by atoms with Gasteiger partial charge in [-0.25, -0.2) is 9.97 Å². The van der Waals surface area contributed by atoms with Crippen LogP contribution < -0.4 is 0 Å². The maximum atomic E-state index is 9.51. The van der Waals surface area contributed by atoms with Crippen molar-refractivity contribution in [1.29, 1.82) is 0 Å². The van der Waals surface area contributed by atoms with E-state index in [1.807, 2.05) is 114 Å². The lowest BCUT2D eigenvalue weighted by atomic mass is 9.95. The highest BCUT2D eigenvalue weighted by molar-refractivity contribution is 6.14. The summed E-state index contributed by atoms with van der Waals surface area (Å²) in [6.45, 7) is 0. The van der Waals surface area contributed by atoms with E-state index in [4.69, 9.17) is 25.4 Å². The number of fused-ring (bicyclic) bond motifs is 12. The maximum absolute atomic E-state index is 9.51. The molecule has 0 fully saturated rings. The fourth-order valence-electron chi connectivity index (χ4n) is 9.39. The Morgan fingerprint density at radius 3 is 1.39 bits per heavy atom. The van der Waals surface area contributed by atoms with Gasteiger partial charge < -0.3 is 8.98 Å². The molecule has 64 heavy (non-hydrogen) atoms. The molecule has 0 aliphatic carbocycles. The first kappa shape index (κ1) is 22.9. The summed E-state index contributed by atoms with van der Waals surface area (Å²) in [5.41, 5.74) is 3.36. The van der Waals surface area contributed by atoms with Crippen molar-refractivity contribution in [3.8, 4) is 39.8 Å². The lowest BCUT2D eigenvalue weighted by Gasteiger charge is -2.19. The van der Waals surface area contributed by atoms with Crippen LogP contribution in [0.3, 0.4) is 0 Å². The first-order valence-electron chi connectivity index (χ1n) is 28.4. The Balaban J connectivity index is 1.25. The summed E-state index contributed by atoms with van der Waals surface area (Å²) in [7, 11) is 0. The van der Waals surface area contributed by atoms with Gasteiger partial charge in [0, 0.05) is 54.7 Å². The van der Waals surface area contributed by atoms with Crippen molar-refractivity contribution < 1.29 is 26.3 Å². The second-order valence-electron chi connectivity index (χ2n) is 15.3. The van der Waals surface area contributed by atoms with Crippen LogP contribution in [0, 0.1) is 0 Å². The molecule has 0 unspecified atom stereocenters. The molecule has 298 valence electrons. The topological polar surface area (TPSA) is 53.7 Å². The Bertz CT molecular complexity index is 4790. The number of benzene rings is 9. The molecule has 9 aromatic carbocycles. The van der Waals surface area contributed by atoms with Gasteiger partial charge in [0.05, 0.1) is 66.3 Å². The second-order valence-corrected chi connectivity index (χ2v) is 15.3. The summed E-state index contributed by atoms with van der Waals surface area (Å²) in [4.78, 5) is 10.7. The minimum absolute atomic E-state index is 0.147. The molecule has 5 aromatic heterocycles. The van der Waals surface area contributed by atoms with Crippen molar-refractivity contribution in [2.24, 2.45) is 0 Å². The Labute approximate surface area is 388 Å². The lowest BCUT2D eigenvalue weighted by molar-refractivity contribution is 0.670. The molecule has 0 saturated heterocycles. The van der Waals surface area contributed by atoms with Crippen LogP contribution in [0.2, 0.25) is 0 Å². The molecule has 0 bridgehead atoms. The number of aromatic nitrogens is 5. The van der Waals surface area contributed by atoms with Crippen molar-refractivity contribution >= 4 is 87.4 Å². The van der Waals surface area contributed by atoms with Crippen molar-refractivity contribution in [3.63, 3.8) is 0 Å². The van der Waals surface area contributed by atoms with Crippen LogP contribution in [-0.4, -0.2) is 23.7 Å². The summed E-state index contributed by atoms with van der Waals surface area (Å²) in [5, 5.41) is 2.43. The fraction of sp³-hybridized carbons (Fsp3) is 0. The van der Waals surface area contributed by atoms with Gasteiger partial charge >= 0.3 is 0 Å². The first-order valence-corrected chi connectivity index (χ1v) is 20.4. The molecule has 0 saturated carbocycles. The molecule has 0 amide bonds. The molecular formula is C58H35N5O. The molecule has 6 heteroatoms.